The van der Waals surface area contributed by atoms with Gasteiger partial charge >= 0.3 is 0 Å². The summed E-state index contributed by atoms with van der Waals surface area (Å²) in [6.45, 7) is 4.04. The molecule has 0 spiro atoms. The standard InChI is InChI=1S/C16H24N2O/c1-16(2,18-13-19)12-15-9-7-14(8-10-15)6-4-3-5-11-17/h7-11,13,17H,3-6,12H2,1-2H3,(H,18,19). The first-order chi connectivity index (χ1) is 9.07. The molecular weight excluding hydrogens is 236 g/mol. The van der Waals surface area contributed by atoms with E-state index >= 15 is 0 Å². The molecule has 104 valence electrons. The Kier molecular flexibility index (Phi) is 6.26. The normalized spacial score (nSPS) is 11.1. The summed E-state index contributed by atoms with van der Waals surface area (Å²) in [5.41, 5.74) is 2.38. The summed E-state index contributed by atoms with van der Waals surface area (Å²) in [7, 11) is 0. The van der Waals surface area contributed by atoms with Crippen LogP contribution in [0.15, 0.2) is 24.3 Å². The Morgan fingerprint density at radius 3 is 2.37 bits per heavy atom. The predicted molar refractivity (Wildman–Crippen MR) is 79.8 cm³/mol. The first kappa shape index (κ1) is 15.4. The molecule has 0 bridgehead atoms. The second kappa shape index (κ2) is 7.72. The molecule has 3 heteroatoms. The van der Waals surface area contributed by atoms with Crippen molar-refractivity contribution >= 4 is 12.6 Å². The number of nitrogens with one attached hydrogen (secondary N) is 2. The van der Waals surface area contributed by atoms with E-state index in [-0.39, 0.29) is 5.54 Å². The number of aryl methyl sites for hydroxylation is 1. The van der Waals surface area contributed by atoms with Crippen LogP contribution in [0.4, 0.5) is 0 Å². The molecule has 0 heterocycles. The van der Waals surface area contributed by atoms with Gasteiger partial charge in [0.15, 0.2) is 0 Å². The molecule has 0 aliphatic heterocycles. The number of rotatable bonds is 9. The lowest BCUT2D eigenvalue weighted by atomic mass is 9.94. The van der Waals surface area contributed by atoms with E-state index in [9.17, 15) is 4.79 Å². The maximum absolute atomic E-state index is 10.5. The van der Waals surface area contributed by atoms with Gasteiger partial charge in [0.05, 0.1) is 0 Å². The van der Waals surface area contributed by atoms with Gasteiger partial charge in [-0.25, -0.2) is 0 Å². The van der Waals surface area contributed by atoms with Crippen LogP contribution in [0.3, 0.4) is 0 Å². The summed E-state index contributed by atoms with van der Waals surface area (Å²) in [4.78, 5) is 10.5. The number of hydrogen-bond acceptors (Lipinski definition) is 2. The lowest BCUT2D eigenvalue weighted by molar-refractivity contribution is -0.110. The Morgan fingerprint density at radius 1 is 1.16 bits per heavy atom. The van der Waals surface area contributed by atoms with Crippen molar-refractivity contribution in [3.05, 3.63) is 35.4 Å². The van der Waals surface area contributed by atoms with Crippen molar-refractivity contribution < 1.29 is 4.79 Å². The maximum Gasteiger partial charge on any atom is 0.207 e. The van der Waals surface area contributed by atoms with Gasteiger partial charge in [0.25, 0.3) is 0 Å². The highest BCUT2D eigenvalue weighted by Gasteiger charge is 2.16. The van der Waals surface area contributed by atoms with Crippen LogP contribution < -0.4 is 5.32 Å². The van der Waals surface area contributed by atoms with E-state index in [1.54, 1.807) is 0 Å². The third-order valence-corrected chi connectivity index (χ3v) is 3.18. The Balaban J connectivity index is 2.47. The number of hydrogen-bond donors (Lipinski definition) is 2. The van der Waals surface area contributed by atoms with Gasteiger partial charge in [0.1, 0.15) is 0 Å². The van der Waals surface area contributed by atoms with Crippen molar-refractivity contribution in [2.45, 2.75) is 51.5 Å². The molecule has 0 unspecified atom stereocenters. The molecule has 1 aromatic rings. The first-order valence-electron chi connectivity index (χ1n) is 6.85. The number of carbonyl (C=O) groups excluding carboxylic acids is 1. The largest absolute Gasteiger partial charge is 0.353 e. The van der Waals surface area contributed by atoms with Crippen molar-refractivity contribution in [2.24, 2.45) is 0 Å². The van der Waals surface area contributed by atoms with Crippen molar-refractivity contribution in [3.8, 4) is 0 Å². The van der Waals surface area contributed by atoms with Gasteiger partial charge in [-0.3, -0.25) is 4.79 Å². The van der Waals surface area contributed by atoms with Crippen LogP contribution in [-0.2, 0) is 17.6 Å². The Bertz CT molecular complexity index is 396. The highest BCUT2D eigenvalue weighted by molar-refractivity contribution is 5.52. The minimum Gasteiger partial charge on any atom is -0.353 e. The third kappa shape index (κ3) is 6.18. The van der Waals surface area contributed by atoms with Crippen molar-refractivity contribution in [1.29, 1.82) is 5.41 Å². The molecule has 2 N–H and O–H groups in total. The SMILES string of the molecule is CC(C)(Cc1ccc(CCCCC=N)cc1)NC=O. The molecule has 0 aliphatic rings. The molecule has 1 amide bonds. The fourth-order valence-corrected chi connectivity index (χ4v) is 2.12. The maximum atomic E-state index is 10.5. The van der Waals surface area contributed by atoms with E-state index in [0.717, 1.165) is 38.5 Å². The lowest BCUT2D eigenvalue weighted by Crippen LogP contribution is -2.40. The summed E-state index contributed by atoms with van der Waals surface area (Å²) >= 11 is 0. The molecule has 0 saturated heterocycles. The quantitative estimate of drug-likeness (QED) is 0.400. The van der Waals surface area contributed by atoms with Gasteiger partial charge in [-0.05, 0) is 63.3 Å². The molecule has 0 atom stereocenters. The zero-order chi connectivity index (χ0) is 14.1. The number of carbonyl (C=O) groups is 1. The fourth-order valence-electron chi connectivity index (χ4n) is 2.12. The van der Waals surface area contributed by atoms with Crippen LogP contribution in [0.2, 0.25) is 0 Å². The molecule has 1 aromatic carbocycles. The predicted octanol–water partition coefficient (Wildman–Crippen LogP) is 3.12. The average Bonchev–Trinajstić information content (AvgIpc) is 2.36. The average molecular weight is 260 g/mol. The van der Waals surface area contributed by atoms with Crippen molar-refractivity contribution in [3.63, 3.8) is 0 Å². The van der Waals surface area contributed by atoms with E-state index in [2.05, 4.69) is 29.6 Å². The molecule has 0 radical (unpaired) electrons. The zero-order valence-electron chi connectivity index (χ0n) is 11.9. The van der Waals surface area contributed by atoms with Crippen LogP contribution in [0.5, 0.6) is 0 Å². The van der Waals surface area contributed by atoms with Gasteiger partial charge < -0.3 is 10.7 Å². The number of benzene rings is 1. The van der Waals surface area contributed by atoms with E-state index in [4.69, 9.17) is 5.41 Å². The van der Waals surface area contributed by atoms with E-state index in [1.165, 1.54) is 17.3 Å². The summed E-state index contributed by atoms with van der Waals surface area (Å²) in [6.07, 6.45) is 7.24. The highest BCUT2D eigenvalue weighted by Crippen LogP contribution is 2.14. The smallest absolute Gasteiger partial charge is 0.207 e. The van der Waals surface area contributed by atoms with Gasteiger partial charge in [-0.2, -0.15) is 0 Å². The fraction of sp³-hybridized carbons (Fsp3) is 0.500. The third-order valence-electron chi connectivity index (χ3n) is 3.18. The van der Waals surface area contributed by atoms with Crippen LogP contribution in [0.25, 0.3) is 0 Å². The topological polar surface area (TPSA) is 53.0 Å². The highest BCUT2D eigenvalue weighted by atomic mass is 16.1. The Hall–Kier alpha value is -1.64. The second-order valence-corrected chi connectivity index (χ2v) is 5.59. The number of amides is 1. The Labute approximate surface area is 115 Å². The van der Waals surface area contributed by atoms with Crippen LogP contribution in [0, 0.1) is 5.41 Å². The lowest BCUT2D eigenvalue weighted by Gasteiger charge is -2.23. The van der Waals surface area contributed by atoms with Crippen molar-refractivity contribution in [2.75, 3.05) is 0 Å². The molecule has 0 aromatic heterocycles. The molecule has 0 fully saturated rings. The summed E-state index contributed by atoms with van der Waals surface area (Å²) < 4.78 is 0. The zero-order valence-corrected chi connectivity index (χ0v) is 11.9. The molecule has 1 rings (SSSR count). The van der Waals surface area contributed by atoms with Crippen LogP contribution in [-0.4, -0.2) is 18.2 Å². The first-order valence-corrected chi connectivity index (χ1v) is 6.85. The summed E-state index contributed by atoms with van der Waals surface area (Å²) in [5.74, 6) is 0. The molecule has 0 saturated carbocycles. The molecule has 19 heavy (non-hydrogen) atoms. The Morgan fingerprint density at radius 2 is 1.79 bits per heavy atom. The van der Waals surface area contributed by atoms with Gasteiger partial charge in [-0.1, -0.05) is 24.3 Å². The van der Waals surface area contributed by atoms with Gasteiger partial charge in [0.2, 0.25) is 6.41 Å². The summed E-state index contributed by atoms with van der Waals surface area (Å²) in [6, 6.07) is 8.60. The van der Waals surface area contributed by atoms with E-state index in [0.29, 0.717) is 0 Å². The van der Waals surface area contributed by atoms with E-state index in [1.807, 2.05) is 13.8 Å². The molecular formula is C16H24N2O. The number of unbranched alkanes of at least 4 members (excludes halogenated alkanes) is 2. The van der Waals surface area contributed by atoms with Gasteiger partial charge in [0, 0.05) is 5.54 Å². The second-order valence-electron chi connectivity index (χ2n) is 5.59. The molecule has 3 nitrogen and oxygen atoms in total. The van der Waals surface area contributed by atoms with Crippen LogP contribution in [0.1, 0.15) is 44.2 Å². The monoisotopic (exact) mass is 260 g/mol. The minimum absolute atomic E-state index is 0.201. The minimum atomic E-state index is -0.201. The molecule has 0 aliphatic carbocycles. The van der Waals surface area contributed by atoms with Gasteiger partial charge in [-0.15, -0.1) is 0 Å². The summed E-state index contributed by atoms with van der Waals surface area (Å²) in [5, 5.41) is 9.81. The van der Waals surface area contributed by atoms with Crippen LogP contribution >= 0.6 is 0 Å². The van der Waals surface area contributed by atoms with E-state index < -0.39 is 0 Å². The van der Waals surface area contributed by atoms with Crippen molar-refractivity contribution in [1.82, 2.24) is 5.32 Å².